The lowest BCUT2D eigenvalue weighted by Crippen LogP contribution is -2.29. The number of para-hydroxylation sites is 1. The van der Waals surface area contributed by atoms with Crippen LogP contribution in [0.25, 0.3) is 11.7 Å². The van der Waals surface area contributed by atoms with Crippen LogP contribution in [0.4, 0.5) is 0 Å². The second kappa shape index (κ2) is 10.5. The highest BCUT2D eigenvalue weighted by Gasteiger charge is 2.32. The summed E-state index contributed by atoms with van der Waals surface area (Å²) in [5.41, 5.74) is 2.11. The summed E-state index contributed by atoms with van der Waals surface area (Å²) in [7, 11) is 0. The third kappa shape index (κ3) is 4.91. The molecular formula is C25H25N3O4S2. The average molecular weight is 496 g/mol. The van der Waals surface area contributed by atoms with E-state index >= 15 is 0 Å². The normalized spacial score (nSPS) is 15.0. The van der Waals surface area contributed by atoms with Gasteiger partial charge >= 0.3 is 0 Å². The van der Waals surface area contributed by atoms with E-state index in [1.165, 1.54) is 16.2 Å². The number of nitrogens with zero attached hydrogens (tertiary/aromatic N) is 3. The molecule has 0 unspecified atom stereocenters. The number of ether oxygens (including phenoxy) is 2. The molecule has 9 heteroatoms. The molecule has 2 aromatic heterocycles. The molecule has 1 saturated heterocycles. The van der Waals surface area contributed by atoms with Gasteiger partial charge in [-0.2, -0.15) is 4.98 Å². The molecule has 0 aliphatic carbocycles. The quantitative estimate of drug-likeness (QED) is 0.254. The zero-order chi connectivity index (χ0) is 24.2. The summed E-state index contributed by atoms with van der Waals surface area (Å²) in [5, 5.41) is 0. The number of thiocarbonyl (C=S) groups is 1. The minimum absolute atomic E-state index is 0.148. The number of carbonyl (C=O) groups is 1. The van der Waals surface area contributed by atoms with Crippen molar-refractivity contribution in [3.63, 3.8) is 0 Å². The Labute approximate surface area is 207 Å². The first-order valence-corrected chi connectivity index (χ1v) is 12.2. The van der Waals surface area contributed by atoms with Gasteiger partial charge in [-0.25, -0.2) is 0 Å². The standard InChI is InChI=1S/C25H25N3O4S2/c1-4-31-14-8-13-28-24(30)20(34-25(28)33)15-18-22(32-19-11-6-5-9-16(19)2)26-21-17(3)10-7-12-27(21)23(18)29/h5-7,9-12,15H,4,8,13-14H2,1-3H3/b20-15+. The van der Waals surface area contributed by atoms with Crippen molar-refractivity contribution in [2.24, 2.45) is 0 Å². The van der Waals surface area contributed by atoms with Gasteiger partial charge in [0, 0.05) is 26.0 Å². The van der Waals surface area contributed by atoms with Crippen molar-refractivity contribution in [3.05, 3.63) is 74.5 Å². The summed E-state index contributed by atoms with van der Waals surface area (Å²) in [6, 6.07) is 11.2. The number of fused-ring (bicyclic) bond motifs is 1. The lowest BCUT2D eigenvalue weighted by atomic mass is 10.2. The van der Waals surface area contributed by atoms with E-state index in [1.54, 1.807) is 23.2 Å². The summed E-state index contributed by atoms with van der Waals surface area (Å²) in [6.07, 6.45) is 3.87. The number of aromatic nitrogens is 2. The maximum atomic E-state index is 13.5. The SMILES string of the molecule is CCOCCCN1C(=O)/C(=C\c2c(Oc3ccccc3C)nc3c(C)cccn3c2=O)SC1=S. The topological polar surface area (TPSA) is 73.1 Å². The number of hydrogen-bond acceptors (Lipinski definition) is 7. The van der Waals surface area contributed by atoms with E-state index in [9.17, 15) is 9.59 Å². The van der Waals surface area contributed by atoms with Gasteiger partial charge in [-0.1, -0.05) is 48.2 Å². The zero-order valence-electron chi connectivity index (χ0n) is 19.2. The van der Waals surface area contributed by atoms with E-state index in [1.807, 2.05) is 51.1 Å². The molecule has 1 aromatic carbocycles. The molecule has 1 aliphatic heterocycles. The van der Waals surface area contributed by atoms with E-state index in [0.29, 0.717) is 46.8 Å². The first-order valence-electron chi connectivity index (χ1n) is 11.0. The Morgan fingerprint density at radius 1 is 1.12 bits per heavy atom. The third-order valence-corrected chi connectivity index (χ3v) is 6.75. The highest BCUT2D eigenvalue weighted by molar-refractivity contribution is 8.26. The van der Waals surface area contributed by atoms with Crippen LogP contribution >= 0.6 is 24.0 Å². The van der Waals surface area contributed by atoms with Crippen molar-refractivity contribution < 1.29 is 14.3 Å². The smallest absolute Gasteiger partial charge is 0.269 e. The number of rotatable bonds is 8. The van der Waals surface area contributed by atoms with Crippen LogP contribution in [-0.2, 0) is 9.53 Å². The fourth-order valence-electron chi connectivity index (χ4n) is 3.56. The average Bonchev–Trinajstić information content (AvgIpc) is 3.08. The number of amides is 1. The fraction of sp³-hybridized carbons (Fsp3) is 0.280. The van der Waals surface area contributed by atoms with Gasteiger partial charge in [-0.3, -0.25) is 18.9 Å². The number of thioether (sulfide) groups is 1. The van der Waals surface area contributed by atoms with Crippen LogP contribution < -0.4 is 10.3 Å². The summed E-state index contributed by atoms with van der Waals surface area (Å²) in [4.78, 5) is 33.1. The summed E-state index contributed by atoms with van der Waals surface area (Å²) in [5.74, 6) is 0.503. The summed E-state index contributed by atoms with van der Waals surface area (Å²) < 4.78 is 13.4. The molecule has 3 aromatic rings. The molecule has 0 saturated carbocycles. The van der Waals surface area contributed by atoms with E-state index in [4.69, 9.17) is 21.7 Å². The lowest BCUT2D eigenvalue weighted by molar-refractivity contribution is -0.122. The van der Waals surface area contributed by atoms with Crippen LogP contribution in [0.1, 0.15) is 30.0 Å². The first kappa shape index (κ1) is 24.1. The molecular weight excluding hydrogens is 470 g/mol. The van der Waals surface area contributed by atoms with Gasteiger partial charge in [0.15, 0.2) is 0 Å². The Balaban J connectivity index is 1.77. The minimum atomic E-state index is -0.320. The molecule has 1 amide bonds. The molecule has 0 radical (unpaired) electrons. The second-order valence-corrected chi connectivity index (χ2v) is 9.45. The van der Waals surface area contributed by atoms with Gasteiger partial charge in [-0.05, 0) is 56.5 Å². The van der Waals surface area contributed by atoms with Crippen molar-refractivity contribution >= 4 is 45.9 Å². The molecule has 34 heavy (non-hydrogen) atoms. The fourth-order valence-corrected chi connectivity index (χ4v) is 4.85. The summed E-state index contributed by atoms with van der Waals surface area (Å²) >= 11 is 6.60. The van der Waals surface area contributed by atoms with Gasteiger partial charge < -0.3 is 9.47 Å². The van der Waals surface area contributed by atoms with Gasteiger partial charge in [0.05, 0.1) is 4.91 Å². The first-order chi connectivity index (χ1) is 16.4. The maximum absolute atomic E-state index is 13.5. The highest BCUT2D eigenvalue weighted by Crippen LogP contribution is 2.34. The molecule has 3 heterocycles. The monoisotopic (exact) mass is 495 g/mol. The molecule has 0 N–H and O–H groups in total. The molecule has 4 rings (SSSR count). The van der Waals surface area contributed by atoms with E-state index in [-0.39, 0.29) is 22.9 Å². The van der Waals surface area contributed by atoms with Crippen molar-refractivity contribution in [1.29, 1.82) is 0 Å². The lowest BCUT2D eigenvalue weighted by Gasteiger charge is -2.14. The summed E-state index contributed by atoms with van der Waals surface area (Å²) in [6.45, 7) is 7.36. The van der Waals surface area contributed by atoms with Gasteiger partial charge in [0.2, 0.25) is 5.88 Å². The van der Waals surface area contributed by atoms with E-state index < -0.39 is 0 Å². The van der Waals surface area contributed by atoms with Crippen LogP contribution in [0, 0.1) is 13.8 Å². The maximum Gasteiger partial charge on any atom is 0.269 e. The molecule has 0 atom stereocenters. The molecule has 1 fully saturated rings. The number of benzene rings is 1. The van der Waals surface area contributed by atoms with Gasteiger partial charge in [-0.15, -0.1) is 0 Å². The second-order valence-electron chi connectivity index (χ2n) is 7.77. The predicted octanol–water partition coefficient (Wildman–Crippen LogP) is 4.73. The van der Waals surface area contributed by atoms with Crippen LogP contribution in [-0.4, -0.2) is 44.3 Å². The third-order valence-electron chi connectivity index (χ3n) is 5.37. The van der Waals surface area contributed by atoms with Gasteiger partial charge in [0.1, 0.15) is 21.3 Å². The Morgan fingerprint density at radius 3 is 2.65 bits per heavy atom. The highest BCUT2D eigenvalue weighted by atomic mass is 32.2. The Hall–Kier alpha value is -3.01. The van der Waals surface area contributed by atoms with Crippen LogP contribution in [0.5, 0.6) is 11.6 Å². The molecule has 1 aliphatic rings. The molecule has 176 valence electrons. The van der Waals surface area contributed by atoms with Gasteiger partial charge in [0.25, 0.3) is 11.5 Å². The van der Waals surface area contributed by atoms with Crippen molar-refractivity contribution in [3.8, 4) is 11.6 Å². The minimum Gasteiger partial charge on any atom is -0.438 e. The molecule has 0 spiro atoms. The van der Waals surface area contributed by atoms with Crippen LogP contribution in [0.3, 0.4) is 0 Å². The Morgan fingerprint density at radius 2 is 1.88 bits per heavy atom. The van der Waals surface area contributed by atoms with Crippen molar-refractivity contribution in [1.82, 2.24) is 14.3 Å². The number of aryl methyl sites for hydroxylation is 2. The number of hydrogen-bond donors (Lipinski definition) is 0. The Kier molecular flexibility index (Phi) is 7.45. The zero-order valence-corrected chi connectivity index (χ0v) is 20.9. The van der Waals surface area contributed by atoms with E-state index in [0.717, 1.165) is 11.1 Å². The number of carbonyl (C=O) groups excluding carboxylic acids is 1. The van der Waals surface area contributed by atoms with Crippen LogP contribution in [0.15, 0.2) is 52.3 Å². The van der Waals surface area contributed by atoms with Crippen LogP contribution in [0.2, 0.25) is 0 Å². The predicted molar refractivity (Wildman–Crippen MR) is 138 cm³/mol. The largest absolute Gasteiger partial charge is 0.438 e. The molecule has 0 bridgehead atoms. The Bertz CT molecular complexity index is 1350. The number of pyridine rings is 1. The van der Waals surface area contributed by atoms with E-state index in [2.05, 4.69) is 4.98 Å². The van der Waals surface area contributed by atoms with Crippen molar-refractivity contribution in [2.45, 2.75) is 27.2 Å². The van der Waals surface area contributed by atoms with Crippen molar-refractivity contribution in [2.75, 3.05) is 19.8 Å². The molecule has 7 nitrogen and oxygen atoms in total.